The molecule has 1 saturated heterocycles. The van der Waals surface area contributed by atoms with E-state index in [1.165, 1.54) is 17.0 Å². The van der Waals surface area contributed by atoms with Crippen LogP contribution >= 0.6 is 0 Å². The minimum absolute atomic E-state index is 0.0414. The topological polar surface area (TPSA) is 87.7 Å². The van der Waals surface area contributed by atoms with Gasteiger partial charge in [0, 0.05) is 24.8 Å². The molecule has 0 saturated carbocycles. The number of halogens is 3. The number of rotatable bonds is 7. The SMILES string of the molecule is CC(C)CCS(=O)(=O)N[C@@H]1CCCN(C(=O)Nc2ccc(OC(F)(F)F)cc2)C1. The molecule has 0 radical (unpaired) electrons. The lowest BCUT2D eigenvalue weighted by molar-refractivity contribution is -0.274. The number of amides is 2. The molecule has 0 unspecified atom stereocenters. The lowest BCUT2D eigenvalue weighted by atomic mass is 10.1. The molecule has 11 heteroatoms. The van der Waals surface area contributed by atoms with E-state index in [0.29, 0.717) is 31.5 Å². The third-order valence-electron chi connectivity index (χ3n) is 4.36. The van der Waals surface area contributed by atoms with E-state index in [0.717, 1.165) is 12.1 Å². The van der Waals surface area contributed by atoms with Gasteiger partial charge < -0.3 is 15.0 Å². The van der Waals surface area contributed by atoms with Crippen molar-refractivity contribution in [3.63, 3.8) is 0 Å². The molecule has 0 aliphatic carbocycles. The van der Waals surface area contributed by atoms with Gasteiger partial charge in [-0.3, -0.25) is 0 Å². The number of sulfonamides is 1. The van der Waals surface area contributed by atoms with Gasteiger partial charge in [-0.05, 0) is 49.4 Å². The fraction of sp³-hybridized carbons (Fsp3) is 0.611. The molecule has 1 aromatic carbocycles. The smallest absolute Gasteiger partial charge is 0.406 e. The van der Waals surface area contributed by atoms with Crippen LogP contribution in [0.4, 0.5) is 23.7 Å². The fourth-order valence-electron chi connectivity index (χ4n) is 2.90. The Morgan fingerprint density at radius 1 is 1.28 bits per heavy atom. The summed E-state index contributed by atoms with van der Waals surface area (Å²) < 4.78 is 67.4. The number of alkyl halides is 3. The highest BCUT2D eigenvalue weighted by Crippen LogP contribution is 2.24. The third kappa shape index (κ3) is 8.48. The van der Waals surface area contributed by atoms with Crippen molar-refractivity contribution < 1.29 is 31.1 Å². The van der Waals surface area contributed by atoms with Gasteiger partial charge in [-0.2, -0.15) is 0 Å². The molecule has 0 spiro atoms. The number of likely N-dealkylation sites (tertiary alicyclic amines) is 1. The van der Waals surface area contributed by atoms with Crippen molar-refractivity contribution >= 4 is 21.7 Å². The van der Waals surface area contributed by atoms with Gasteiger partial charge in [0.2, 0.25) is 10.0 Å². The van der Waals surface area contributed by atoms with Crippen LogP contribution in [0.15, 0.2) is 24.3 Å². The summed E-state index contributed by atoms with van der Waals surface area (Å²) in [5, 5.41) is 2.60. The number of piperidine rings is 1. The summed E-state index contributed by atoms with van der Waals surface area (Å²) in [7, 11) is -3.42. The molecular weight excluding hydrogens is 411 g/mol. The van der Waals surface area contributed by atoms with E-state index in [1.54, 1.807) is 0 Å². The first-order chi connectivity index (χ1) is 13.4. The molecule has 1 aliphatic rings. The molecule has 1 heterocycles. The average molecular weight is 437 g/mol. The summed E-state index contributed by atoms with van der Waals surface area (Å²) in [4.78, 5) is 13.9. The number of carbonyl (C=O) groups is 1. The molecule has 2 amide bonds. The molecule has 2 rings (SSSR count). The predicted molar refractivity (Wildman–Crippen MR) is 103 cm³/mol. The number of hydrogen-bond donors (Lipinski definition) is 2. The first kappa shape index (κ1) is 23.3. The van der Waals surface area contributed by atoms with Crippen LogP contribution < -0.4 is 14.8 Å². The standard InChI is InChI=1S/C18H26F3N3O4S/c1-13(2)9-11-29(26,27)23-15-4-3-10-24(12-15)17(25)22-14-5-7-16(8-6-14)28-18(19,20)21/h5-8,13,15,23H,3-4,9-12H2,1-2H3,(H,22,25)/t15-/m1/s1. The second-order valence-electron chi connectivity index (χ2n) is 7.41. The van der Waals surface area contributed by atoms with E-state index in [1.807, 2.05) is 13.8 Å². The molecule has 1 atom stereocenters. The normalized spacial score (nSPS) is 18.0. The number of benzene rings is 1. The van der Waals surface area contributed by atoms with Crippen molar-refractivity contribution in [2.75, 3.05) is 24.2 Å². The minimum Gasteiger partial charge on any atom is -0.406 e. The van der Waals surface area contributed by atoms with Gasteiger partial charge in [-0.15, -0.1) is 13.2 Å². The maximum atomic E-state index is 12.4. The zero-order chi connectivity index (χ0) is 21.7. The molecule has 2 N–H and O–H groups in total. The van der Waals surface area contributed by atoms with Gasteiger partial charge in [0.15, 0.2) is 0 Å². The maximum absolute atomic E-state index is 12.4. The Morgan fingerprint density at radius 3 is 2.52 bits per heavy atom. The first-order valence-electron chi connectivity index (χ1n) is 9.35. The molecule has 1 aromatic rings. The summed E-state index contributed by atoms with van der Waals surface area (Å²) in [6.07, 6.45) is -2.95. The van der Waals surface area contributed by atoms with Gasteiger partial charge in [0.05, 0.1) is 5.75 Å². The Balaban J connectivity index is 1.89. The molecule has 1 aliphatic heterocycles. The largest absolute Gasteiger partial charge is 0.573 e. The van der Waals surface area contributed by atoms with Gasteiger partial charge in [0.1, 0.15) is 5.75 Å². The second-order valence-corrected chi connectivity index (χ2v) is 9.28. The Kier molecular flexibility index (Phi) is 7.75. The van der Waals surface area contributed by atoms with E-state index in [9.17, 15) is 26.4 Å². The van der Waals surface area contributed by atoms with Crippen LogP contribution in [0.25, 0.3) is 0 Å². The Hall–Kier alpha value is -2.01. The summed E-state index contributed by atoms with van der Waals surface area (Å²) in [6, 6.07) is 4.00. The Bertz CT molecular complexity index is 783. The van der Waals surface area contributed by atoms with Gasteiger partial charge in [-0.1, -0.05) is 13.8 Å². The van der Waals surface area contributed by atoms with Gasteiger partial charge in [-0.25, -0.2) is 17.9 Å². The van der Waals surface area contributed by atoms with E-state index < -0.39 is 22.4 Å². The maximum Gasteiger partial charge on any atom is 0.573 e. The quantitative estimate of drug-likeness (QED) is 0.683. The number of carbonyl (C=O) groups excluding carboxylic acids is 1. The summed E-state index contributed by atoms with van der Waals surface area (Å²) >= 11 is 0. The van der Waals surface area contributed by atoms with Crippen molar-refractivity contribution in [2.45, 2.75) is 45.5 Å². The zero-order valence-corrected chi connectivity index (χ0v) is 17.1. The lowest BCUT2D eigenvalue weighted by Gasteiger charge is -2.33. The zero-order valence-electron chi connectivity index (χ0n) is 16.3. The van der Waals surface area contributed by atoms with Crippen molar-refractivity contribution in [2.24, 2.45) is 5.92 Å². The van der Waals surface area contributed by atoms with Crippen molar-refractivity contribution in [1.82, 2.24) is 9.62 Å². The second kappa shape index (κ2) is 9.66. The third-order valence-corrected chi connectivity index (χ3v) is 5.82. The van der Waals surface area contributed by atoms with E-state index in [2.05, 4.69) is 14.8 Å². The van der Waals surface area contributed by atoms with E-state index in [4.69, 9.17) is 0 Å². The molecule has 0 aromatic heterocycles. The number of urea groups is 1. The monoisotopic (exact) mass is 437 g/mol. The molecule has 164 valence electrons. The first-order valence-corrected chi connectivity index (χ1v) is 11.0. The van der Waals surface area contributed by atoms with Crippen molar-refractivity contribution in [3.05, 3.63) is 24.3 Å². The Labute approximate surface area is 168 Å². The van der Waals surface area contributed by atoms with Crippen LogP contribution in [-0.2, 0) is 10.0 Å². The van der Waals surface area contributed by atoms with Crippen LogP contribution in [0.3, 0.4) is 0 Å². The highest BCUT2D eigenvalue weighted by Gasteiger charge is 2.31. The van der Waals surface area contributed by atoms with E-state index in [-0.39, 0.29) is 30.0 Å². The number of anilines is 1. The average Bonchev–Trinajstić information content (AvgIpc) is 2.60. The molecule has 29 heavy (non-hydrogen) atoms. The van der Waals surface area contributed by atoms with Crippen molar-refractivity contribution in [1.29, 1.82) is 0 Å². The fourth-order valence-corrected chi connectivity index (χ4v) is 4.50. The molecule has 0 bridgehead atoms. The minimum atomic E-state index is -4.78. The summed E-state index contributed by atoms with van der Waals surface area (Å²) in [6.45, 7) is 4.58. The highest BCUT2D eigenvalue weighted by atomic mass is 32.2. The summed E-state index contributed by atoms with van der Waals surface area (Å²) in [5.74, 6) is -0.0721. The lowest BCUT2D eigenvalue weighted by Crippen LogP contribution is -2.51. The van der Waals surface area contributed by atoms with Crippen LogP contribution in [0.2, 0.25) is 0 Å². The number of hydrogen-bond acceptors (Lipinski definition) is 4. The number of nitrogens with one attached hydrogen (secondary N) is 2. The highest BCUT2D eigenvalue weighted by molar-refractivity contribution is 7.89. The Morgan fingerprint density at radius 2 is 1.93 bits per heavy atom. The van der Waals surface area contributed by atoms with Crippen LogP contribution in [0, 0.1) is 5.92 Å². The summed E-state index contributed by atoms with van der Waals surface area (Å²) in [5.41, 5.74) is 0.309. The van der Waals surface area contributed by atoms with Gasteiger partial charge in [0.25, 0.3) is 0 Å². The molecule has 1 fully saturated rings. The van der Waals surface area contributed by atoms with Gasteiger partial charge >= 0.3 is 12.4 Å². The predicted octanol–water partition coefficient (Wildman–Crippen LogP) is 3.55. The van der Waals surface area contributed by atoms with Crippen molar-refractivity contribution in [3.8, 4) is 5.75 Å². The number of ether oxygens (including phenoxy) is 1. The van der Waals surface area contributed by atoms with Crippen LogP contribution in [0.5, 0.6) is 5.75 Å². The number of nitrogens with zero attached hydrogens (tertiary/aromatic N) is 1. The van der Waals surface area contributed by atoms with Crippen LogP contribution in [-0.4, -0.2) is 50.6 Å². The molecule has 7 nitrogen and oxygen atoms in total. The van der Waals surface area contributed by atoms with E-state index >= 15 is 0 Å². The van der Waals surface area contributed by atoms with Crippen LogP contribution in [0.1, 0.15) is 33.1 Å². The molecular formula is C18H26F3N3O4S.